The van der Waals surface area contributed by atoms with Gasteiger partial charge in [0.2, 0.25) is 0 Å². The van der Waals surface area contributed by atoms with Gasteiger partial charge in [-0.15, -0.1) is 12.6 Å². The van der Waals surface area contributed by atoms with E-state index in [0.717, 1.165) is 31.0 Å². The molecule has 1 fully saturated rings. The summed E-state index contributed by atoms with van der Waals surface area (Å²) in [6.45, 7) is 2.79. The number of hydrogen-bond donors (Lipinski definition) is 2. The minimum atomic E-state index is -0.171. The van der Waals surface area contributed by atoms with Crippen molar-refractivity contribution in [2.45, 2.75) is 11.3 Å². The Morgan fingerprint density at radius 3 is 2.59 bits per heavy atom. The molecule has 0 spiro atoms. The molecule has 0 bridgehead atoms. The first-order chi connectivity index (χ1) is 13.0. The number of amides is 2. The molecule has 2 amide bonds. The van der Waals surface area contributed by atoms with E-state index in [1.165, 1.54) is 0 Å². The van der Waals surface area contributed by atoms with Crippen molar-refractivity contribution in [3.8, 4) is 5.75 Å². The van der Waals surface area contributed by atoms with Gasteiger partial charge in [0, 0.05) is 43.8 Å². The second-order valence-corrected chi connectivity index (χ2v) is 7.18. The highest BCUT2D eigenvalue weighted by atomic mass is 32.1. The predicted molar refractivity (Wildman–Crippen MR) is 106 cm³/mol. The Hall–Kier alpha value is -2.61. The summed E-state index contributed by atoms with van der Waals surface area (Å²) >= 11 is 4.48. The molecule has 3 heterocycles. The number of anilines is 2. The molecule has 0 aliphatic carbocycles. The van der Waals surface area contributed by atoms with E-state index in [2.05, 4.69) is 22.8 Å². The first-order valence-corrected chi connectivity index (χ1v) is 9.40. The van der Waals surface area contributed by atoms with Crippen molar-refractivity contribution in [2.24, 2.45) is 7.05 Å². The van der Waals surface area contributed by atoms with Crippen LogP contribution < -0.4 is 15.0 Å². The van der Waals surface area contributed by atoms with E-state index in [4.69, 9.17) is 4.74 Å². The molecule has 0 saturated carbocycles. The first-order valence-electron chi connectivity index (χ1n) is 8.95. The fourth-order valence-corrected chi connectivity index (χ4v) is 3.80. The number of likely N-dealkylation sites (tertiary alicyclic amines) is 1. The Kier molecular flexibility index (Phi) is 4.51. The van der Waals surface area contributed by atoms with Gasteiger partial charge in [0.1, 0.15) is 12.3 Å². The lowest BCUT2D eigenvalue weighted by Crippen LogP contribution is -2.42. The maximum Gasteiger partial charge on any atom is 0.270 e. The van der Waals surface area contributed by atoms with Crippen molar-refractivity contribution in [1.82, 2.24) is 14.8 Å². The second kappa shape index (κ2) is 6.84. The average molecular weight is 386 g/mol. The van der Waals surface area contributed by atoms with Gasteiger partial charge in [0.15, 0.2) is 11.6 Å². The smallest absolute Gasteiger partial charge is 0.270 e. The van der Waals surface area contributed by atoms with E-state index in [-0.39, 0.29) is 11.8 Å². The van der Waals surface area contributed by atoms with Crippen LogP contribution in [0.2, 0.25) is 0 Å². The zero-order chi connectivity index (χ0) is 19.1. The molecule has 2 aliphatic heterocycles. The van der Waals surface area contributed by atoms with Crippen LogP contribution in [0, 0.1) is 0 Å². The van der Waals surface area contributed by atoms with Crippen LogP contribution in [-0.2, 0) is 7.05 Å². The maximum atomic E-state index is 12.7. The molecule has 1 saturated heterocycles. The number of ether oxygens (including phenoxy) is 1. The molecule has 8 heteroatoms. The summed E-state index contributed by atoms with van der Waals surface area (Å²) < 4.78 is 7.70. The maximum absolute atomic E-state index is 12.7. The van der Waals surface area contributed by atoms with Gasteiger partial charge in [-0.1, -0.05) is 0 Å². The van der Waals surface area contributed by atoms with E-state index >= 15 is 0 Å². The highest BCUT2D eigenvalue weighted by Gasteiger charge is 2.31. The van der Waals surface area contributed by atoms with Gasteiger partial charge in [-0.3, -0.25) is 9.59 Å². The highest BCUT2D eigenvalue weighted by Crippen LogP contribution is 2.40. The van der Waals surface area contributed by atoms with Gasteiger partial charge in [0.05, 0.1) is 12.1 Å². The van der Waals surface area contributed by atoms with Crippen LogP contribution in [0.3, 0.4) is 0 Å². The van der Waals surface area contributed by atoms with Gasteiger partial charge in [-0.05, 0) is 24.6 Å². The normalized spacial score (nSPS) is 15.7. The number of fused-ring (bicyclic) bond motifs is 1. The van der Waals surface area contributed by atoms with Crippen molar-refractivity contribution >= 4 is 35.9 Å². The number of carbonyl (C=O) groups is 2. The highest BCUT2D eigenvalue weighted by molar-refractivity contribution is 7.80. The first kappa shape index (κ1) is 17.8. The second-order valence-electron chi connectivity index (χ2n) is 6.70. The van der Waals surface area contributed by atoms with Gasteiger partial charge in [-0.2, -0.15) is 0 Å². The third-order valence-electron chi connectivity index (χ3n) is 5.12. The SMILES string of the molecule is CNC(=O)c1ccc(N2CCOc3cc(C(=O)N4CCC4)n(C)c32)cc1S. The quantitative estimate of drug-likeness (QED) is 0.793. The Balaban J connectivity index is 1.71. The van der Waals surface area contributed by atoms with Crippen molar-refractivity contribution in [1.29, 1.82) is 0 Å². The molecule has 2 aromatic rings. The number of rotatable bonds is 3. The Morgan fingerprint density at radius 1 is 1.19 bits per heavy atom. The predicted octanol–water partition coefficient (Wildman–Crippen LogP) is 2.05. The van der Waals surface area contributed by atoms with Crippen LogP contribution >= 0.6 is 12.6 Å². The van der Waals surface area contributed by atoms with E-state index in [0.29, 0.717) is 35.1 Å². The number of thiol groups is 1. The van der Waals surface area contributed by atoms with Crippen LogP contribution in [0.4, 0.5) is 11.5 Å². The number of hydrogen-bond acceptors (Lipinski definition) is 5. The molecule has 7 nitrogen and oxygen atoms in total. The zero-order valence-electron chi connectivity index (χ0n) is 15.4. The number of carbonyl (C=O) groups excluding carboxylic acids is 2. The summed E-state index contributed by atoms with van der Waals surface area (Å²) in [7, 11) is 3.48. The van der Waals surface area contributed by atoms with Crippen LogP contribution in [0.5, 0.6) is 5.75 Å². The molecule has 1 N–H and O–H groups in total. The zero-order valence-corrected chi connectivity index (χ0v) is 16.3. The Labute approximate surface area is 163 Å². The molecule has 27 heavy (non-hydrogen) atoms. The van der Waals surface area contributed by atoms with Gasteiger partial charge in [-0.25, -0.2) is 0 Å². The fourth-order valence-electron chi connectivity index (χ4n) is 3.49. The van der Waals surface area contributed by atoms with Gasteiger partial charge < -0.3 is 24.4 Å². The van der Waals surface area contributed by atoms with Crippen LogP contribution in [0.25, 0.3) is 0 Å². The van der Waals surface area contributed by atoms with E-state index in [1.807, 2.05) is 34.7 Å². The van der Waals surface area contributed by atoms with Crippen LogP contribution in [0.15, 0.2) is 29.2 Å². The summed E-state index contributed by atoms with van der Waals surface area (Å²) in [4.78, 5) is 29.1. The lowest BCUT2D eigenvalue weighted by Gasteiger charge is -2.32. The van der Waals surface area contributed by atoms with E-state index < -0.39 is 0 Å². The molecular formula is C19H22N4O3S. The number of aromatic nitrogens is 1. The molecule has 0 atom stereocenters. The molecule has 142 valence electrons. The minimum Gasteiger partial charge on any atom is -0.488 e. The third-order valence-corrected chi connectivity index (χ3v) is 5.49. The number of nitrogens with zero attached hydrogens (tertiary/aromatic N) is 3. The van der Waals surface area contributed by atoms with Gasteiger partial charge in [0.25, 0.3) is 11.8 Å². The summed E-state index contributed by atoms with van der Waals surface area (Å²) in [6, 6.07) is 7.35. The van der Waals surface area contributed by atoms with Crippen molar-refractivity contribution in [3.63, 3.8) is 0 Å². The Morgan fingerprint density at radius 2 is 1.96 bits per heavy atom. The topological polar surface area (TPSA) is 66.8 Å². The summed E-state index contributed by atoms with van der Waals surface area (Å²) in [5.74, 6) is 1.40. The third kappa shape index (κ3) is 2.93. The molecule has 4 rings (SSSR count). The average Bonchev–Trinajstić information content (AvgIpc) is 2.96. The summed E-state index contributed by atoms with van der Waals surface area (Å²) in [6.07, 6.45) is 1.06. The summed E-state index contributed by atoms with van der Waals surface area (Å²) in [5.41, 5.74) is 2.06. The lowest BCUT2D eigenvalue weighted by molar-refractivity contribution is 0.0642. The fraction of sp³-hybridized carbons (Fsp3) is 0.368. The molecule has 0 radical (unpaired) electrons. The minimum absolute atomic E-state index is 0.0338. The van der Waals surface area contributed by atoms with E-state index in [1.54, 1.807) is 13.1 Å². The monoisotopic (exact) mass is 386 g/mol. The number of benzene rings is 1. The van der Waals surface area contributed by atoms with Crippen molar-refractivity contribution in [3.05, 3.63) is 35.5 Å². The largest absolute Gasteiger partial charge is 0.488 e. The summed E-state index contributed by atoms with van der Waals surface area (Å²) in [5, 5.41) is 2.62. The lowest BCUT2D eigenvalue weighted by atomic mass is 10.1. The van der Waals surface area contributed by atoms with Gasteiger partial charge >= 0.3 is 0 Å². The van der Waals surface area contributed by atoms with Crippen LogP contribution in [-0.4, -0.2) is 54.6 Å². The Bertz CT molecular complexity index is 920. The molecule has 1 aromatic heterocycles. The molecular weight excluding hydrogens is 364 g/mol. The molecule has 1 aromatic carbocycles. The number of nitrogens with one attached hydrogen (secondary N) is 1. The van der Waals surface area contributed by atoms with Crippen LogP contribution in [0.1, 0.15) is 27.3 Å². The van der Waals surface area contributed by atoms with E-state index in [9.17, 15) is 9.59 Å². The molecule has 2 aliphatic rings. The van der Waals surface area contributed by atoms with Crippen molar-refractivity contribution in [2.75, 3.05) is 38.2 Å². The van der Waals surface area contributed by atoms with Crippen molar-refractivity contribution < 1.29 is 14.3 Å². The standard InChI is InChI=1S/C19H22N4O3S/c1-20-17(24)13-5-4-12(10-16(13)27)23-8-9-26-15-11-14(21(2)18(15)23)19(25)22-6-3-7-22/h4-5,10-11,27H,3,6-9H2,1-2H3,(H,20,24). The molecule has 0 unspecified atom stereocenters.